The first kappa shape index (κ1) is 20.9. The highest BCUT2D eigenvalue weighted by Gasteiger charge is 2.17. The van der Waals surface area contributed by atoms with Crippen LogP contribution in [0.1, 0.15) is 6.92 Å². The molecule has 3 aromatic heterocycles. The summed E-state index contributed by atoms with van der Waals surface area (Å²) in [5.41, 5.74) is 2.20. The first-order valence-corrected chi connectivity index (χ1v) is 11.4. The van der Waals surface area contributed by atoms with E-state index in [2.05, 4.69) is 17.2 Å². The number of rotatable bonds is 6. The molecule has 0 bridgehead atoms. The molecule has 1 N–H and O–H groups in total. The van der Waals surface area contributed by atoms with Gasteiger partial charge in [0.25, 0.3) is 5.56 Å². The van der Waals surface area contributed by atoms with Gasteiger partial charge in [0.2, 0.25) is 5.95 Å². The maximum atomic E-state index is 12.4. The Bertz CT molecular complexity index is 1520. The monoisotopic (exact) mass is 456 g/mol. The number of fused-ring (bicyclic) bond motifs is 3. The van der Waals surface area contributed by atoms with Crippen LogP contribution < -0.4 is 15.6 Å². The molecule has 0 spiro atoms. The number of thioether (sulfide) groups is 1. The quantitative estimate of drug-likeness (QED) is 0.372. The Morgan fingerprint density at radius 1 is 1.03 bits per heavy atom. The molecule has 5 rings (SSSR count). The topological polar surface area (TPSA) is 94.3 Å². The minimum absolute atomic E-state index is 0.301. The number of aromatic nitrogens is 5. The molecule has 0 aliphatic rings. The molecular formula is C24H20N6O2S. The fourth-order valence-corrected chi connectivity index (χ4v) is 4.27. The summed E-state index contributed by atoms with van der Waals surface area (Å²) in [4.78, 5) is 27.0. The van der Waals surface area contributed by atoms with Crippen molar-refractivity contribution in [1.82, 2.24) is 24.6 Å². The van der Waals surface area contributed by atoms with Gasteiger partial charge in [0, 0.05) is 22.0 Å². The van der Waals surface area contributed by atoms with Crippen LogP contribution in [0.2, 0.25) is 0 Å². The molecule has 0 unspecified atom stereocenters. The van der Waals surface area contributed by atoms with Crippen LogP contribution in [-0.2, 0) is 0 Å². The summed E-state index contributed by atoms with van der Waals surface area (Å²) >= 11 is 1.70. The molecule has 9 heteroatoms. The van der Waals surface area contributed by atoms with E-state index < -0.39 is 0 Å². The smallest absolute Gasteiger partial charge is 0.293 e. The maximum Gasteiger partial charge on any atom is 0.293 e. The Labute approximate surface area is 193 Å². The highest BCUT2D eigenvalue weighted by molar-refractivity contribution is 7.99. The van der Waals surface area contributed by atoms with Gasteiger partial charge >= 0.3 is 0 Å². The lowest BCUT2D eigenvalue weighted by molar-refractivity contribution is 0.415. The van der Waals surface area contributed by atoms with Crippen LogP contribution >= 0.6 is 11.8 Å². The Morgan fingerprint density at radius 3 is 2.67 bits per heavy atom. The molecule has 0 saturated heterocycles. The van der Waals surface area contributed by atoms with Gasteiger partial charge in [-0.3, -0.25) is 4.79 Å². The van der Waals surface area contributed by atoms with Crippen molar-refractivity contribution < 1.29 is 4.74 Å². The van der Waals surface area contributed by atoms with E-state index in [1.807, 2.05) is 42.5 Å². The van der Waals surface area contributed by atoms with Crippen LogP contribution in [0, 0.1) is 0 Å². The zero-order valence-electron chi connectivity index (χ0n) is 18.0. The van der Waals surface area contributed by atoms with Crippen LogP contribution in [-0.4, -0.2) is 37.4 Å². The van der Waals surface area contributed by atoms with E-state index in [1.54, 1.807) is 41.6 Å². The molecule has 164 valence electrons. The Hall–Kier alpha value is -3.98. The van der Waals surface area contributed by atoms with Crippen molar-refractivity contribution >= 4 is 39.9 Å². The minimum Gasteiger partial charge on any atom is -0.497 e. The summed E-state index contributed by atoms with van der Waals surface area (Å²) in [6.07, 6.45) is 1.46. The van der Waals surface area contributed by atoms with Gasteiger partial charge in [0.1, 0.15) is 11.4 Å². The molecule has 0 radical (unpaired) electrons. The number of nitrogens with zero attached hydrogens (tertiary/aromatic N) is 5. The summed E-state index contributed by atoms with van der Waals surface area (Å²) in [5.74, 6) is 2.59. The summed E-state index contributed by atoms with van der Waals surface area (Å²) in [6.45, 7) is 2.10. The third-order valence-electron chi connectivity index (χ3n) is 5.04. The number of nitrogens with one attached hydrogen (secondary N) is 1. The van der Waals surface area contributed by atoms with Crippen molar-refractivity contribution in [3.63, 3.8) is 0 Å². The number of anilines is 2. The summed E-state index contributed by atoms with van der Waals surface area (Å²) in [6, 6.07) is 18.7. The van der Waals surface area contributed by atoms with E-state index in [1.165, 1.54) is 6.20 Å². The molecule has 0 aliphatic carbocycles. The van der Waals surface area contributed by atoms with Gasteiger partial charge in [-0.1, -0.05) is 19.1 Å². The molecule has 0 amide bonds. The Balaban J connectivity index is 1.75. The third-order valence-corrected chi connectivity index (χ3v) is 5.97. The zero-order valence-corrected chi connectivity index (χ0v) is 18.8. The number of para-hydroxylation sites is 1. The lowest BCUT2D eigenvalue weighted by atomic mass is 10.2. The van der Waals surface area contributed by atoms with Gasteiger partial charge in [-0.05, 0) is 54.3 Å². The molecule has 0 atom stereocenters. The maximum absolute atomic E-state index is 12.4. The highest BCUT2D eigenvalue weighted by atomic mass is 32.2. The average Bonchev–Trinajstić information content (AvgIpc) is 3.20. The molecule has 0 fully saturated rings. The molecule has 0 saturated carbocycles. The van der Waals surface area contributed by atoms with E-state index in [9.17, 15) is 4.79 Å². The first-order valence-electron chi connectivity index (χ1n) is 10.4. The summed E-state index contributed by atoms with van der Waals surface area (Å²) < 4.78 is 6.89. The average molecular weight is 457 g/mol. The van der Waals surface area contributed by atoms with Gasteiger partial charge in [0.15, 0.2) is 11.5 Å². The predicted octanol–water partition coefficient (Wildman–Crippen LogP) is 4.56. The van der Waals surface area contributed by atoms with Crippen LogP contribution in [0.3, 0.4) is 0 Å². The summed E-state index contributed by atoms with van der Waals surface area (Å²) in [5, 5.41) is 8.72. The number of benzene rings is 2. The Kier molecular flexibility index (Phi) is 5.62. The molecule has 2 aromatic carbocycles. The minimum atomic E-state index is -0.387. The van der Waals surface area contributed by atoms with E-state index in [0.29, 0.717) is 23.1 Å². The van der Waals surface area contributed by atoms with Crippen LogP contribution in [0.4, 0.5) is 11.6 Å². The van der Waals surface area contributed by atoms with Gasteiger partial charge < -0.3 is 10.1 Å². The molecule has 33 heavy (non-hydrogen) atoms. The standard InChI is InChI=1S/C24H20N6O2S/c1-3-33-19-9-6-7-17-20(19)27-24(26-18-8-4-5-14-25-23(18)31)30-22(17)28-21(29-30)15-10-12-16(32-2)13-11-15/h4-14H,3H2,1-2H3,(H,25,26,27,31). The Morgan fingerprint density at radius 2 is 1.88 bits per heavy atom. The number of ether oxygens (including phenoxy) is 1. The van der Waals surface area contributed by atoms with E-state index in [4.69, 9.17) is 19.8 Å². The first-order chi connectivity index (χ1) is 16.2. The van der Waals surface area contributed by atoms with Crippen molar-refractivity contribution in [2.45, 2.75) is 11.8 Å². The highest BCUT2D eigenvalue weighted by Crippen LogP contribution is 2.31. The second-order valence-electron chi connectivity index (χ2n) is 7.09. The van der Waals surface area contributed by atoms with Crippen molar-refractivity contribution in [2.75, 3.05) is 18.2 Å². The lowest BCUT2D eigenvalue weighted by Gasteiger charge is -2.10. The zero-order chi connectivity index (χ0) is 22.8. The van der Waals surface area contributed by atoms with Crippen molar-refractivity contribution in [3.05, 3.63) is 77.2 Å². The van der Waals surface area contributed by atoms with Crippen LogP contribution in [0.5, 0.6) is 5.75 Å². The van der Waals surface area contributed by atoms with E-state index >= 15 is 0 Å². The van der Waals surface area contributed by atoms with Crippen molar-refractivity contribution in [1.29, 1.82) is 0 Å². The normalized spacial score (nSPS) is 11.1. The molecule has 5 aromatic rings. The fourth-order valence-electron chi connectivity index (χ4n) is 3.49. The van der Waals surface area contributed by atoms with E-state index in [-0.39, 0.29) is 5.56 Å². The largest absolute Gasteiger partial charge is 0.497 e. The number of methoxy groups -OCH3 is 1. The van der Waals surface area contributed by atoms with Gasteiger partial charge in [-0.2, -0.15) is 4.52 Å². The SMILES string of the molecule is CCSc1cccc2c1nc(Nc1ccccnc1=O)n1nc(-c3ccc(OC)cc3)nc21. The van der Waals surface area contributed by atoms with Crippen LogP contribution in [0.15, 0.2) is 76.6 Å². The number of hydrogen-bond donors (Lipinski definition) is 1. The van der Waals surface area contributed by atoms with Crippen LogP contribution in [0.25, 0.3) is 27.9 Å². The van der Waals surface area contributed by atoms with Gasteiger partial charge in [0.05, 0.1) is 12.6 Å². The second kappa shape index (κ2) is 8.87. The lowest BCUT2D eigenvalue weighted by Crippen LogP contribution is -2.11. The van der Waals surface area contributed by atoms with Crippen molar-refractivity contribution in [2.24, 2.45) is 0 Å². The summed E-state index contributed by atoms with van der Waals surface area (Å²) in [7, 11) is 1.63. The third kappa shape index (κ3) is 3.98. The van der Waals surface area contributed by atoms with Gasteiger partial charge in [-0.15, -0.1) is 16.9 Å². The fraction of sp³-hybridized carbons (Fsp3) is 0.125. The second-order valence-corrected chi connectivity index (χ2v) is 8.40. The van der Waals surface area contributed by atoms with Gasteiger partial charge in [-0.25, -0.2) is 15.0 Å². The number of hydrogen-bond acceptors (Lipinski definition) is 8. The molecular weight excluding hydrogens is 436 g/mol. The van der Waals surface area contributed by atoms with Crippen molar-refractivity contribution in [3.8, 4) is 17.1 Å². The molecule has 3 heterocycles. The van der Waals surface area contributed by atoms with E-state index in [0.717, 1.165) is 32.9 Å². The predicted molar refractivity (Wildman–Crippen MR) is 130 cm³/mol. The molecule has 0 aliphatic heterocycles. The molecule has 8 nitrogen and oxygen atoms in total.